The first-order valence-corrected chi connectivity index (χ1v) is 9.15. The van der Waals surface area contributed by atoms with Crippen molar-refractivity contribution in [3.05, 3.63) is 75.3 Å². The van der Waals surface area contributed by atoms with Crippen LogP contribution in [0.3, 0.4) is 0 Å². The molecule has 9 heteroatoms. The fourth-order valence-corrected chi connectivity index (χ4v) is 3.27. The van der Waals surface area contributed by atoms with Crippen molar-refractivity contribution in [2.45, 2.75) is 11.5 Å². The lowest BCUT2D eigenvalue weighted by Crippen LogP contribution is -2.17. The van der Waals surface area contributed by atoms with Gasteiger partial charge in [0.15, 0.2) is 0 Å². The number of esters is 1. The van der Waals surface area contributed by atoms with Crippen LogP contribution in [0.2, 0.25) is 5.02 Å². The van der Waals surface area contributed by atoms with Crippen LogP contribution in [0, 0.1) is 0 Å². The number of carbonyl (C=O) groups excluding carboxylic acids is 2. The van der Waals surface area contributed by atoms with Gasteiger partial charge in [-0.3, -0.25) is 14.0 Å². The molecule has 0 aliphatic rings. The van der Waals surface area contributed by atoms with Gasteiger partial charge in [0.05, 0.1) is 22.0 Å². The summed E-state index contributed by atoms with van der Waals surface area (Å²) in [4.78, 5) is 40.4. The minimum Gasteiger partial charge on any atom is -0.456 e. The monoisotopic (exact) mass is 403 g/mol. The van der Waals surface area contributed by atoms with Gasteiger partial charge in [-0.1, -0.05) is 23.7 Å². The third-order valence-electron chi connectivity index (χ3n) is 3.50. The molecule has 0 atom stereocenters. The fourth-order valence-electron chi connectivity index (χ4n) is 2.33. The van der Waals surface area contributed by atoms with Crippen LogP contribution in [-0.4, -0.2) is 27.0 Å². The number of amides is 1. The Morgan fingerprint density at radius 2 is 2.00 bits per heavy atom. The van der Waals surface area contributed by atoms with Gasteiger partial charge < -0.3 is 10.5 Å². The Labute approximate surface area is 163 Å². The molecule has 2 aromatic heterocycles. The van der Waals surface area contributed by atoms with Crippen molar-refractivity contribution >= 4 is 40.9 Å². The van der Waals surface area contributed by atoms with E-state index in [2.05, 4.69) is 4.98 Å². The topological polar surface area (TPSA) is 104 Å². The Kier molecular flexibility index (Phi) is 5.78. The maximum atomic E-state index is 12.4. The quantitative estimate of drug-likeness (QED) is 0.500. The Balaban J connectivity index is 1.76. The van der Waals surface area contributed by atoms with Crippen LogP contribution in [0.1, 0.15) is 16.1 Å². The molecule has 7 nitrogen and oxygen atoms in total. The van der Waals surface area contributed by atoms with Crippen molar-refractivity contribution in [2.24, 2.45) is 5.73 Å². The van der Waals surface area contributed by atoms with Crippen molar-refractivity contribution < 1.29 is 14.3 Å². The number of ether oxygens (including phenoxy) is 1. The summed E-state index contributed by atoms with van der Waals surface area (Å²) in [7, 11) is 0. The smallest absolute Gasteiger partial charge is 0.339 e. The summed E-state index contributed by atoms with van der Waals surface area (Å²) in [5.41, 5.74) is 5.85. The number of carbonyl (C=O) groups is 2. The zero-order valence-electron chi connectivity index (χ0n) is 13.9. The van der Waals surface area contributed by atoms with E-state index >= 15 is 0 Å². The first kappa shape index (κ1) is 18.9. The lowest BCUT2D eigenvalue weighted by atomic mass is 10.2. The molecule has 0 saturated heterocycles. The molecule has 0 unspecified atom stereocenters. The lowest BCUT2D eigenvalue weighted by molar-refractivity contribution is -0.115. The van der Waals surface area contributed by atoms with Gasteiger partial charge in [0.25, 0.3) is 5.56 Å². The van der Waals surface area contributed by atoms with Crippen LogP contribution in [0.15, 0.2) is 58.4 Å². The largest absolute Gasteiger partial charge is 0.456 e. The predicted molar refractivity (Wildman–Crippen MR) is 102 cm³/mol. The van der Waals surface area contributed by atoms with Crippen molar-refractivity contribution in [2.75, 3.05) is 5.75 Å². The number of halogens is 1. The van der Waals surface area contributed by atoms with E-state index in [4.69, 9.17) is 22.1 Å². The normalized spacial score (nSPS) is 10.7. The average molecular weight is 404 g/mol. The van der Waals surface area contributed by atoms with Crippen LogP contribution in [0.25, 0.3) is 5.65 Å². The number of thioether (sulfide) groups is 1. The molecule has 0 bridgehead atoms. The number of rotatable bonds is 6. The zero-order valence-corrected chi connectivity index (χ0v) is 15.5. The highest BCUT2D eigenvalue weighted by Gasteiger charge is 2.14. The molecule has 0 radical (unpaired) electrons. The van der Waals surface area contributed by atoms with E-state index in [1.54, 1.807) is 36.4 Å². The third-order valence-corrected chi connectivity index (χ3v) is 4.82. The van der Waals surface area contributed by atoms with Gasteiger partial charge in [0.1, 0.15) is 12.3 Å². The highest BCUT2D eigenvalue weighted by atomic mass is 35.5. The van der Waals surface area contributed by atoms with E-state index in [9.17, 15) is 14.4 Å². The standard InChI is InChI=1S/C18H14ClN3O4S/c19-11-5-6-16-21-12(7-17(24)22(16)8-11)9-26-18(25)13-3-1-2-4-14(13)27-10-15(20)23/h1-8H,9-10H2,(H2,20,23). The summed E-state index contributed by atoms with van der Waals surface area (Å²) in [6.07, 6.45) is 1.47. The van der Waals surface area contributed by atoms with E-state index in [0.29, 0.717) is 26.8 Å². The Morgan fingerprint density at radius 1 is 1.22 bits per heavy atom. The molecule has 3 rings (SSSR count). The Hall–Kier alpha value is -2.84. The minimum absolute atomic E-state index is 0.0514. The molecule has 0 spiro atoms. The van der Waals surface area contributed by atoms with Crippen molar-refractivity contribution in [3.8, 4) is 0 Å². The van der Waals surface area contributed by atoms with Gasteiger partial charge in [-0.15, -0.1) is 11.8 Å². The first-order valence-electron chi connectivity index (χ1n) is 7.79. The Bertz CT molecular complexity index is 1080. The van der Waals surface area contributed by atoms with E-state index < -0.39 is 11.9 Å². The molecule has 0 aliphatic heterocycles. The number of nitrogens with two attached hydrogens (primary N) is 1. The van der Waals surface area contributed by atoms with Crippen LogP contribution in [0.4, 0.5) is 0 Å². The lowest BCUT2D eigenvalue weighted by Gasteiger charge is -2.09. The van der Waals surface area contributed by atoms with Crippen LogP contribution < -0.4 is 11.3 Å². The summed E-state index contributed by atoms with van der Waals surface area (Å²) in [5, 5.41) is 0.413. The summed E-state index contributed by atoms with van der Waals surface area (Å²) in [5.74, 6) is -1.01. The average Bonchev–Trinajstić information content (AvgIpc) is 2.65. The number of pyridine rings is 1. The summed E-state index contributed by atoms with van der Waals surface area (Å²) in [6, 6.07) is 11.2. The molecule has 2 heterocycles. The molecule has 27 heavy (non-hydrogen) atoms. The molecule has 1 amide bonds. The van der Waals surface area contributed by atoms with Crippen molar-refractivity contribution in [3.63, 3.8) is 0 Å². The minimum atomic E-state index is -0.583. The molecule has 138 valence electrons. The summed E-state index contributed by atoms with van der Waals surface area (Å²) in [6.45, 7) is -0.165. The molecule has 1 aromatic carbocycles. The second-order valence-electron chi connectivity index (χ2n) is 5.49. The molecule has 0 fully saturated rings. The van der Waals surface area contributed by atoms with E-state index in [1.807, 2.05) is 0 Å². The molecular formula is C18H14ClN3O4S. The molecule has 2 N–H and O–H groups in total. The first-order chi connectivity index (χ1) is 12.9. The molecule has 0 aliphatic carbocycles. The van der Waals surface area contributed by atoms with Gasteiger partial charge in [-0.2, -0.15) is 0 Å². The number of hydrogen-bond acceptors (Lipinski definition) is 6. The number of aromatic nitrogens is 2. The van der Waals surface area contributed by atoms with Crippen molar-refractivity contribution in [1.29, 1.82) is 0 Å². The summed E-state index contributed by atoms with van der Waals surface area (Å²) < 4.78 is 6.59. The second kappa shape index (κ2) is 8.24. The van der Waals surface area contributed by atoms with Gasteiger partial charge in [-0.25, -0.2) is 9.78 Å². The number of benzene rings is 1. The number of nitrogens with zero attached hydrogens (tertiary/aromatic N) is 2. The third kappa shape index (κ3) is 4.66. The number of primary amides is 1. The maximum absolute atomic E-state index is 12.4. The predicted octanol–water partition coefficient (Wildman–Crippen LogP) is 2.28. The van der Waals surface area contributed by atoms with Crippen LogP contribution in [-0.2, 0) is 16.1 Å². The highest BCUT2D eigenvalue weighted by molar-refractivity contribution is 8.00. The highest BCUT2D eigenvalue weighted by Crippen LogP contribution is 2.23. The van der Waals surface area contributed by atoms with Gasteiger partial charge >= 0.3 is 5.97 Å². The van der Waals surface area contributed by atoms with Gasteiger partial charge in [0.2, 0.25) is 5.91 Å². The molecule has 3 aromatic rings. The zero-order chi connectivity index (χ0) is 19.4. The molecular weight excluding hydrogens is 390 g/mol. The van der Waals surface area contributed by atoms with Gasteiger partial charge in [-0.05, 0) is 24.3 Å². The van der Waals surface area contributed by atoms with Gasteiger partial charge in [0, 0.05) is 17.2 Å². The van der Waals surface area contributed by atoms with E-state index in [1.165, 1.54) is 16.7 Å². The molecule has 0 saturated carbocycles. The number of hydrogen-bond donors (Lipinski definition) is 1. The second-order valence-corrected chi connectivity index (χ2v) is 6.94. The maximum Gasteiger partial charge on any atom is 0.339 e. The van der Waals surface area contributed by atoms with Crippen LogP contribution in [0.5, 0.6) is 0 Å². The Morgan fingerprint density at radius 3 is 2.78 bits per heavy atom. The fraction of sp³-hybridized carbons (Fsp3) is 0.111. The summed E-state index contributed by atoms with van der Waals surface area (Å²) >= 11 is 7.03. The number of fused-ring (bicyclic) bond motifs is 1. The van der Waals surface area contributed by atoms with Crippen LogP contribution >= 0.6 is 23.4 Å². The SMILES string of the molecule is NC(=O)CSc1ccccc1C(=O)OCc1cc(=O)n2cc(Cl)ccc2n1. The van der Waals surface area contributed by atoms with E-state index in [-0.39, 0.29) is 17.9 Å². The van der Waals surface area contributed by atoms with E-state index in [0.717, 1.165) is 11.8 Å². The van der Waals surface area contributed by atoms with Crippen molar-refractivity contribution in [1.82, 2.24) is 9.38 Å².